The maximum atomic E-state index is 10.9. The Morgan fingerprint density at radius 1 is 0.938 bits per heavy atom. The van der Waals surface area contributed by atoms with Crippen LogP contribution in [0.15, 0.2) is 24.3 Å². The predicted octanol–water partition coefficient (Wildman–Crippen LogP) is -0.0826. The van der Waals surface area contributed by atoms with Crippen LogP contribution in [-0.2, 0) is 10.4 Å². The number of carbonyl (C=O) groups excluding carboxylic acids is 2. The Morgan fingerprint density at radius 3 is 1.56 bits per heavy atom. The molecule has 1 heterocycles. The molecule has 3 N–H and O–H groups in total. The van der Waals surface area contributed by atoms with Crippen molar-refractivity contribution in [2.45, 2.75) is 0 Å². The highest BCUT2D eigenvalue weighted by Gasteiger charge is 2.25. The SMILES string of the molecule is O=C1NC(=O)c2ccccc21.O=S(=O)(O)O. The number of imide groups is 1. The number of nitrogens with one attached hydrogen (secondary N) is 1. The third kappa shape index (κ3) is 3.42. The quantitative estimate of drug-likeness (QED) is 0.434. The Bertz CT molecular complexity index is 494. The van der Waals surface area contributed by atoms with Gasteiger partial charge in [-0.3, -0.25) is 24.0 Å². The lowest BCUT2D eigenvalue weighted by Gasteiger charge is -1.88. The molecule has 0 bridgehead atoms. The first kappa shape index (κ1) is 12.3. The lowest BCUT2D eigenvalue weighted by Crippen LogP contribution is -2.19. The summed E-state index contributed by atoms with van der Waals surface area (Å²) in [5.41, 5.74) is 0.940. The molecule has 0 saturated heterocycles. The molecule has 1 aromatic rings. The van der Waals surface area contributed by atoms with E-state index in [1.165, 1.54) is 0 Å². The maximum Gasteiger partial charge on any atom is 0.394 e. The van der Waals surface area contributed by atoms with E-state index in [0.29, 0.717) is 11.1 Å². The molecule has 86 valence electrons. The van der Waals surface area contributed by atoms with E-state index in [1.807, 2.05) is 0 Å². The number of hydrogen-bond donors (Lipinski definition) is 3. The summed E-state index contributed by atoms with van der Waals surface area (Å²) in [7, 11) is -4.67. The van der Waals surface area contributed by atoms with Crippen LogP contribution in [0.5, 0.6) is 0 Å². The number of rotatable bonds is 0. The molecule has 0 fully saturated rings. The first-order valence-corrected chi connectivity index (χ1v) is 5.33. The van der Waals surface area contributed by atoms with E-state index in [0.717, 1.165) is 0 Å². The molecule has 2 rings (SSSR count). The van der Waals surface area contributed by atoms with Crippen LogP contribution in [0, 0.1) is 0 Å². The molecule has 1 aromatic carbocycles. The fourth-order valence-electron chi connectivity index (χ4n) is 1.12. The molecule has 0 aliphatic carbocycles. The largest absolute Gasteiger partial charge is 0.394 e. The highest BCUT2D eigenvalue weighted by molar-refractivity contribution is 7.79. The number of carbonyl (C=O) groups is 2. The van der Waals surface area contributed by atoms with Crippen LogP contribution in [-0.4, -0.2) is 29.3 Å². The van der Waals surface area contributed by atoms with E-state index in [4.69, 9.17) is 17.5 Å². The highest BCUT2D eigenvalue weighted by Crippen LogP contribution is 2.13. The number of hydrogen-bond acceptors (Lipinski definition) is 4. The number of fused-ring (bicyclic) bond motifs is 1. The molecule has 0 radical (unpaired) electrons. The normalized spacial score (nSPS) is 13.6. The molecule has 0 unspecified atom stereocenters. The minimum atomic E-state index is -4.67. The van der Waals surface area contributed by atoms with Gasteiger partial charge in [0.15, 0.2) is 0 Å². The molecule has 1 aliphatic heterocycles. The molecule has 16 heavy (non-hydrogen) atoms. The molecular formula is C8H7NO6S. The monoisotopic (exact) mass is 245 g/mol. The Labute approximate surface area is 90.7 Å². The molecule has 0 atom stereocenters. The van der Waals surface area contributed by atoms with Crippen molar-refractivity contribution >= 4 is 22.2 Å². The van der Waals surface area contributed by atoms with Crippen molar-refractivity contribution < 1.29 is 27.1 Å². The second kappa shape index (κ2) is 4.39. The summed E-state index contributed by atoms with van der Waals surface area (Å²) in [5, 5.41) is 2.20. The average Bonchev–Trinajstić information content (AvgIpc) is 2.41. The first-order chi connectivity index (χ1) is 7.29. The summed E-state index contributed by atoms with van der Waals surface area (Å²) in [6, 6.07) is 6.74. The van der Waals surface area contributed by atoms with Crippen molar-refractivity contribution in [2.75, 3.05) is 0 Å². The van der Waals surface area contributed by atoms with Gasteiger partial charge in [0.2, 0.25) is 0 Å². The third-order valence-corrected chi connectivity index (χ3v) is 1.64. The molecule has 2 amide bonds. The van der Waals surface area contributed by atoms with E-state index < -0.39 is 10.4 Å². The summed E-state index contributed by atoms with van der Waals surface area (Å²) in [4.78, 5) is 21.9. The van der Waals surface area contributed by atoms with Gasteiger partial charge in [0.25, 0.3) is 11.8 Å². The summed E-state index contributed by atoms with van der Waals surface area (Å²) >= 11 is 0. The van der Waals surface area contributed by atoms with Crippen molar-refractivity contribution in [1.82, 2.24) is 5.32 Å². The van der Waals surface area contributed by atoms with Gasteiger partial charge in [-0.1, -0.05) is 12.1 Å². The Balaban J connectivity index is 0.000000221. The minimum Gasteiger partial charge on any atom is -0.288 e. The second-order valence-electron chi connectivity index (χ2n) is 2.78. The summed E-state index contributed by atoms with van der Waals surface area (Å²) in [6.45, 7) is 0. The van der Waals surface area contributed by atoms with Crippen LogP contribution in [0.25, 0.3) is 0 Å². The van der Waals surface area contributed by atoms with Gasteiger partial charge in [0, 0.05) is 0 Å². The third-order valence-electron chi connectivity index (χ3n) is 1.64. The summed E-state index contributed by atoms with van der Waals surface area (Å²) < 4.78 is 31.6. The zero-order valence-corrected chi connectivity index (χ0v) is 8.56. The molecule has 0 aromatic heterocycles. The van der Waals surface area contributed by atoms with Crippen LogP contribution in [0.3, 0.4) is 0 Å². The van der Waals surface area contributed by atoms with Crippen molar-refractivity contribution in [3.8, 4) is 0 Å². The zero-order valence-electron chi connectivity index (χ0n) is 7.75. The summed E-state index contributed by atoms with van der Waals surface area (Å²) in [6.07, 6.45) is 0. The smallest absolute Gasteiger partial charge is 0.288 e. The number of amides is 2. The Hall–Kier alpha value is -1.77. The van der Waals surface area contributed by atoms with Crippen LogP contribution in [0.4, 0.5) is 0 Å². The topological polar surface area (TPSA) is 121 Å². The van der Waals surface area contributed by atoms with Crippen LogP contribution in [0.2, 0.25) is 0 Å². The van der Waals surface area contributed by atoms with Gasteiger partial charge in [-0.05, 0) is 12.1 Å². The number of benzene rings is 1. The Morgan fingerprint density at radius 2 is 1.25 bits per heavy atom. The zero-order chi connectivity index (χ0) is 12.3. The van der Waals surface area contributed by atoms with Gasteiger partial charge < -0.3 is 0 Å². The van der Waals surface area contributed by atoms with E-state index >= 15 is 0 Å². The second-order valence-corrected chi connectivity index (χ2v) is 3.67. The van der Waals surface area contributed by atoms with Crippen LogP contribution >= 0.6 is 0 Å². The van der Waals surface area contributed by atoms with Gasteiger partial charge in [-0.25, -0.2) is 0 Å². The van der Waals surface area contributed by atoms with Gasteiger partial charge in [0.05, 0.1) is 11.1 Å². The molecule has 1 aliphatic rings. The van der Waals surface area contributed by atoms with E-state index in [1.54, 1.807) is 24.3 Å². The average molecular weight is 245 g/mol. The fraction of sp³-hybridized carbons (Fsp3) is 0. The molecule has 8 heteroatoms. The minimum absolute atomic E-state index is 0.300. The summed E-state index contributed by atoms with van der Waals surface area (Å²) in [5.74, 6) is -0.601. The highest BCUT2D eigenvalue weighted by atomic mass is 32.3. The maximum absolute atomic E-state index is 10.9. The van der Waals surface area contributed by atoms with E-state index in [9.17, 15) is 9.59 Å². The van der Waals surface area contributed by atoms with Gasteiger partial charge >= 0.3 is 10.4 Å². The molecule has 7 nitrogen and oxygen atoms in total. The van der Waals surface area contributed by atoms with Gasteiger partial charge in [-0.2, -0.15) is 8.42 Å². The van der Waals surface area contributed by atoms with Crippen molar-refractivity contribution in [2.24, 2.45) is 0 Å². The van der Waals surface area contributed by atoms with Crippen LogP contribution in [0.1, 0.15) is 20.7 Å². The first-order valence-electron chi connectivity index (χ1n) is 3.93. The lowest BCUT2D eigenvalue weighted by atomic mass is 10.1. The molecular weight excluding hydrogens is 238 g/mol. The Kier molecular flexibility index (Phi) is 3.38. The lowest BCUT2D eigenvalue weighted by molar-refractivity contribution is 0.0879. The van der Waals surface area contributed by atoms with E-state index in [2.05, 4.69) is 5.32 Å². The van der Waals surface area contributed by atoms with Crippen molar-refractivity contribution in [3.63, 3.8) is 0 Å². The van der Waals surface area contributed by atoms with Gasteiger partial charge in [-0.15, -0.1) is 0 Å². The van der Waals surface area contributed by atoms with Gasteiger partial charge in [0.1, 0.15) is 0 Å². The predicted molar refractivity (Wildman–Crippen MR) is 52.4 cm³/mol. The van der Waals surface area contributed by atoms with Crippen molar-refractivity contribution in [1.29, 1.82) is 0 Å². The fourth-order valence-corrected chi connectivity index (χ4v) is 1.12. The standard InChI is InChI=1S/C8H5NO2.H2O4S/c10-7-5-3-1-2-4-6(5)8(11)9-7;1-5(2,3)4/h1-4H,(H,9,10,11);(H2,1,2,3,4). The molecule has 0 spiro atoms. The molecule has 0 saturated carbocycles. The van der Waals surface area contributed by atoms with Crippen molar-refractivity contribution in [3.05, 3.63) is 35.4 Å². The van der Waals surface area contributed by atoms with E-state index in [-0.39, 0.29) is 11.8 Å². The van der Waals surface area contributed by atoms with Crippen LogP contribution < -0.4 is 5.32 Å².